The van der Waals surface area contributed by atoms with E-state index in [0.717, 1.165) is 21.3 Å². The van der Waals surface area contributed by atoms with Gasteiger partial charge in [0.25, 0.3) is 0 Å². The number of ether oxygens (including phenoxy) is 1. The van der Waals surface area contributed by atoms with Crippen molar-refractivity contribution in [1.29, 1.82) is 0 Å². The van der Waals surface area contributed by atoms with Crippen LogP contribution in [0.1, 0.15) is 29.9 Å². The summed E-state index contributed by atoms with van der Waals surface area (Å²) in [6.45, 7) is 4.93. The van der Waals surface area contributed by atoms with Crippen molar-refractivity contribution in [3.63, 3.8) is 0 Å². The largest absolute Gasteiger partial charge is 0.497 e. The Morgan fingerprint density at radius 3 is 2.63 bits per heavy atom. The Bertz CT molecular complexity index is 821. The summed E-state index contributed by atoms with van der Waals surface area (Å²) in [4.78, 5) is 14.8. The zero-order valence-corrected chi connectivity index (χ0v) is 17.1. The van der Waals surface area contributed by atoms with Gasteiger partial charge in [0, 0.05) is 35.4 Å². The van der Waals surface area contributed by atoms with Crippen molar-refractivity contribution >= 4 is 21.8 Å². The van der Waals surface area contributed by atoms with Crippen molar-refractivity contribution in [1.82, 2.24) is 4.90 Å². The molecule has 1 saturated heterocycles. The molecule has 2 aromatic rings. The summed E-state index contributed by atoms with van der Waals surface area (Å²) in [5, 5.41) is 0. The normalized spacial score (nSPS) is 22.6. The molecule has 2 atom stereocenters. The highest BCUT2D eigenvalue weighted by Crippen LogP contribution is 2.40. The van der Waals surface area contributed by atoms with Crippen LogP contribution < -0.4 is 10.5 Å². The van der Waals surface area contributed by atoms with Gasteiger partial charge in [0.1, 0.15) is 5.75 Å². The number of rotatable bonds is 6. The highest BCUT2D eigenvalue weighted by Gasteiger charge is 2.44. The Hall–Kier alpha value is -2.11. The molecule has 0 saturated carbocycles. The van der Waals surface area contributed by atoms with E-state index < -0.39 is 5.54 Å². The van der Waals surface area contributed by atoms with Crippen LogP contribution >= 0.6 is 15.9 Å². The number of halogens is 1. The van der Waals surface area contributed by atoms with Crippen molar-refractivity contribution in [3.05, 3.63) is 76.8 Å². The second-order valence-electron chi connectivity index (χ2n) is 7.10. The van der Waals surface area contributed by atoms with Gasteiger partial charge in [-0.25, -0.2) is 0 Å². The van der Waals surface area contributed by atoms with Crippen LogP contribution in [-0.2, 0) is 11.3 Å². The lowest BCUT2D eigenvalue weighted by Gasteiger charge is -2.46. The maximum atomic E-state index is 12.9. The van der Waals surface area contributed by atoms with Gasteiger partial charge in [-0.1, -0.05) is 52.3 Å². The van der Waals surface area contributed by atoms with E-state index in [1.807, 2.05) is 59.5 Å². The monoisotopic (exact) mass is 428 g/mol. The summed E-state index contributed by atoms with van der Waals surface area (Å²) in [6.07, 6.45) is 2.89. The predicted octanol–water partition coefficient (Wildman–Crippen LogP) is 4.25. The first-order valence-corrected chi connectivity index (χ1v) is 9.81. The molecule has 1 fully saturated rings. The molecule has 0 unspecified atom stereocenters. The summed E-state index contributed by atoms with van der Waals surface area (Å²) in [6, 6.07) is 15.8. The third kappa shape index (κ3) is 4.25. The lowest BCUT2D eigenvalue weighted by atomic mass is 9.72. The first-order valence-electron chi connectivity index (χ1n) is 9.02. The minimum atomic E-state index is -0.550. The van der Waals surface area contributed by atoms with Crippen LogP contribution in [0.2, 0.25) is 0 Å². The quantitative estimate of drug-likeness (QED) is 0.699. The Kier molecular flexibility index (Phi) is 6.02. The Balaban J connectivity index is 1.85. The average Bonchev–Trinajstić information content (AvgIpc) is 2.66. The fraction of sp³-hybridized carbons (Fsp3) is 0.318. The van der Waals surface area contributed by atoms with Gasteiger partial charge in [-0.3, -0.25) is 4.79 Å². The summed E-state index contributed by atoms with van der Waals surface area (Å²) in [5.74, 6) is 0.875. The maximum Gasteiger partial charge on any atom is 0.223 e. The summed E-state index contributed by atoms with van der Waals surface area (Å²) in [7, 11) is 1.64. The molecule has 0 bridgehead atoms. The van der Waals surface area contributed by atoms with Gasteiger partial charge in [-0.05, 0) is 35.7 Å². The number of likely N-dealkylation sites (tertiary alicyclic amines) is 1. The molecule has 5 heteroatoms. The predicted molar refractivity (Wildman–Crippen MR) is 112 cm³/mol. The topological polar surface area (TPSA) is 55.6 Å². The average molecular weight is 429 g/mol. The number of nitrogens with two attached hydrogens (primary N) is 1. The zero-order valence-electron chi connectivity index (χ0n) is 15.5. The van der Waals surface area contributed by atoms with Gasteiger partial charge in [0.2, 0.25) is 5.91 Å². The van der Waals surface area contributed by atoms with Crippen molar-refractivity contribution in [2.24, 2.45) is 5.73 Å². The van der Waals surface area contributed by atoms with Crippen molar-refractivity contribution in [2.45, 2.75) is 30.8 Å². The van der Waals surface area contributed by atoms with E-state index in [1.54, 1.807) is 7.11 Å². The fourth-order valence-electron chi connectivity index (χ4n) is 3.81. The number of hydrogen-bond donors (Lipinski definition) is 1. The molecule has 27 heavy (non-hydrogen) atoms. The minimum Gasteiger partial charge on any atom is -0.497 e. The zero-order chi connectivity index (χ0) is 19.4. The fourth-order valence-corrected chi connectivity index (χ4v) is 4.37. The summed E-state index contributed by atoms with van der Waals surface area (Å²) >= 11 is 3.62. The van der Waals surface area contributed by atoms with E-state index in [-0.39, 0.29) is 11.8 Å². The highest BCUT2D eigenvalue weighted by atomic mass is 79.9. The molecule has 2 aromatic carbocycles. The van der Waals surface area contributed by atoms with Crippen LogP contribution in [0.5, 0.6) is 5.75 Å². The molecule has 1 amide bonds. The van der Waals surface area contributed by atoms with E-state index in [1.165, 1.54) is 0 Å². The number of hydrogen-bond acceptors (Lipinski definition) is 3. The molecule has 1 heterocycles. The molecule has 0 aliphatic carbocycles. The molecule has 1 aliphatic rings. The Morgan fingerprint density at radius 2 is 2.00 bits per heavy atom. The molecule has 2 N–H and O–H groups in total. The van der Waals surface area contributed by atoms with Crippen molar-refractivity contribution < 1.29 is 9.53 Å². The van der Waals surface area contributed by atoms with Crippen LogP contribution in [0.4, 0.5) is 0 Å². The number of benzene rings is 2. The molecule has 0 spiro atoms. The highest BCUT2D eigenvalue weighted by molar-refractivity contribution is 9.10. The number of piperidine rings is 1. The van der Waals surface area contributed by atoms with E-state index in [0.29, 0.717) is 25.9 Å². The van der Waals surface area contributed by atoms with Crippen LogP contribution in [0, 0.1) is 0 Å². The molecule has 3 rings (SSSR count). The van der Waals surface area contributed by atoms with Gasteiger partial charge < -0.3 is 15.4 Å². The van der Waals surface area contributed by atoms with Gasteiger partial charge in [-0.2, -0.15) is 0 Å². The molecule has 0 radical (unpaired) electrons. The first kappa shape index (κ1) is 19.6. The summed E-state index contributed by atoms with van der Waals surface area (Å²) in [5.41, 5.74) is 8.45. The number of carbonyl (C=O) groups is 1. The lowest BCUT2D eigenvalue weighted by molar-refractivity contribution is -0.137. The maximum absolute atomic E-state index is 12.9. The van der Waals surface area contributed by atoms with Crippen LogP contribution in [-0.4, -0.2) is 30.0 Å². The molecular weight excluding hydrogens is 404 g/mol. The van der Waals surface area contributed by atoms with Gasteiger partial charge >= 0.3 is 0 Å². The number of amides is 1. The number of methoxy groups -OCH3 is 1. The van der Waals surface area contributed by atoms with Gasteiger partial charge in [-0.15, -0.1) is 6.58 Å². The number of carbonyl (C=O) groups excluding carboxylic acids is 1. The van der Waals surface area contributed by atoms with Crippen molar-refractivity contribution in [2.75, 3.05) is 13.7 Å². The standard InChI is InChI=1S/C22H25BrN2O2/c1-3-12-22(24)15-25(14-16-8-10-17(27-2)11-9-16)21(26)13-19(22)18-6-4-5-7-20(18)23/h3-11,19H,1,12-15,24H2,2H3/t19-,22-/m0/s1. The van der Waals surface area contributed by atoms with E-state index in [2.05, 4.69) is 22.5 Å². The SMILES string of the molecule is C=CC[C@]1(N)CN(Cc2ccc(OC)cc2)C(=O)C[C@H]1c1ccccc1Br. The van der Waals surface area contributed by atoms with Gasteiger partial charge in [0.05, 0.1) is 7.11 Å². The molecule has 142 valence electrons. The first-order chi connectivity index (χ1) is 13.0. The molecule has 0 aromatic heterocycles. The lowest BCUT2D eigenvalue weighted by Crippen LogP contribution is -2.59. The Labute approximate surface area is 169 Å². The van der Waals surface area contributed by atoms with E-state index in [4.69, 9.17) is 10.5 Å². The third-order valence-corrected chi connectivity index (χ3v) is 5.97. The number of nitrogens with zero attached hydrogens (tertiary/aromatic N) is 1. The van der Waals surface area contributed by atoms with Gasteiger partial charge in [0.15, 0.2) is 0 Å². The molecular formula is C22H25BrN2O2. The van der Waals surface area contributed by atoms with Crippen molar-refractivity contribution in [3.8, 4) is 5.75 Å². The smallest absolute Gasteiger partial charge is 0.223 e. The minimum absolute atomic E-state index is 0.0503. The molecule has 4 nitrogen and oxygen atoms in total. The Morgan fingerprint density at radius 1 is 1.30 bits per heavy atom. The van der Waals surface area contributed by atoms with Crippen LogP contribution in [0.3, 0.4) is 0 Å². The van der Waals surface area contributed by atoms with Crippen LogP contribution in [0.25, 0.3) is 0 Å². The summed E-state index contributed by atoms with van der Waals surface area (Å²) < 4.78 is 6.19. The van der Waals surface area contributed by atoms with Crippen LogP contribution in [0.15, 0.2) is 65.7 Å². The molecule has 1 aliphatic heterocycles. The van der Waals surface area contributed by atoms with E-state index in [9.17, 15) is 4.79 Å². The third-order valence-electron chi connectivity index (χ3n) is 5.25. The second kappa shape index (κ2) is 8.28. The second-order valence-corrected chi connectivity index (χ2v) is 7.96. The van der Waals surface area contributed by atoms with E-state index >= 15 is 0 Å².